The largest absolute Gasteiger partial charge is 0.392 e. The minimum atomic E-state index is -0.161. The predicted octanol–water partition coefficient (Wildman–Crippen LogP) is 1.79. The van der Waals surface area contributed by atoms with Crippen LogP contribution in [0.3, 0.4) is 0 Å². The van der Waals surface area contributed by atoms with Crippen molar-refractivity contribution in [3.8, 4) is 0 Å². The quantitative estimate of drug-likeness (QED) is 0.684. The van der Waals surface area contributed by atoms with E-state index in [9.17, 15) is 9.90 Å². The number of aliphatic hydroxyl groups excluding tert-OH is 1. The second-order valence-electron chi connectivity index (χ2n) is 5.71. The van der Waals surface area contributed by atoms with Crippen LogP contribution in [-0.2, 0) is 17.9 Å². The summed E-state index contributed by atoms with van der Waals surface area (Å²) in [5.41, 5.74) is 2.03. The van der Waals surface area contributed by atoms with E-state index >= 15 is 0 Å². The lowest BCUT2D eigenvalue weighted by Crippen LogP contribution is -2.38. The van der Waals surface area contributed by atoms with Crippen molar-refractivity contribution >= 4 is 6.03 Å². The number of rotatable bonds is 8. The van der Waals surface area contributed by atoms with Crippen LogP contribution in [0.4, 0.5) is 4.79 Å². The Morgan fingerprint density at radius 3 is 2.62 bits per heavy atom. The molecule has 0 radical (unpaired) electrons. The van der Waals surface area contributed by atoms with Crippen LogP contribution in [0.5, 0.6) is 0 Å². The molecular weight excluding hydrogens is 268 g/mol. The van der Waals surface area contributed by atoms with E-state index in [0.29, 0.717) is 13.1 Å². The fourth-order valence-corrected chi connectivity index (χ4v) is 2.40. The first-order valence-corrected chi connectivity index (χ1v) is 7.37. The molecule has 5 nitrogen and oxygen atoms in total. The first kappa shape index (κ1) is 15.8. The number of carbonyl (C=O) groups is 1. The molecule has 5 heteroatoms. The Kier molecular flexibility index (Phi) is 5.59. The number of ether oxygens (including phenoxy) is 1. The second-order valence-corrected chi connectivity index (χ2v) is 5.71. The van der Waals surface area contributed by atoms with Crippen molar-refractivity contribution in [2.75, 3.05) is 20.3 Å². The zero-order valence-electron chi connectivity index (χ0n) is 12.5. The summed E-state index contributed by atoms with van der Waals surface area (Å²) in [6.07, 6.45) is 3.31. The smallest absolute Gasteiger partial charge is 0.315 e. The van der Waals surface area contributed by atoms with Crippen molar-refractivity contribution in [1.29, 1.82) is 0 Å². The highest BCUT2D eigenvalue weighted by atomic mass is 16.5. The van der Waals surface area contributed by atoms with Crippen molar-refractivity contribution in [3.63, 3.8) is 0 Å². The molecule has 0 aliphatic heterocycles. The third-order valence-electron chi connectivity index (χ3n) is 4.15. The van der Waals surface area contributed by atoms with Crippen LogP contribution >= 0.6 is 0 Å². The first-order chi connectivity index (χ1) is 10.2. The molecule has 0 heterocycles. The number of amides is 2. The average Bonchev–Trinajstić information content (AvgIpc) is 3.29. The van der Waals surface area contributed by atoms with Crippen LogP contribution in [-0.4, -0.2) is 31.4 Å². The topological polar surface area (TPSA) is 70.6 Å². The van der Waals surface area contributed by atoms with Gasteiger partial charge in [0.25, 0.3) is 0 Å². The zero-order chi connectivity index (χ0) is 15.1. The third-order valence-corrected chi connectivity index (χ3v) is 4.15. The van der Waals surface area contributed by atoms with E-state index in [0.717, 1.165) is 37.0 Å². The van der Waals surface area contributed by atoms with Gasteiger partial charge in [0, 0.05) is 26.8 Å². The molecule has 0 saturated heterocycles. The number of aliphatic hydroxyl groups is 1. The second kappa shape index (κ2) is 7.43. The van der Waals surface area contributed by atoms with Gasteiger partial charge in [-0.3, -0.25) is 0 Å². The summed E-state index contributed by atoms with van der Waals surface area (Å²) in [7, 11) is 1.70. The third kappa shape index (κ3) is 4.72. The molecular formula is C16H24N2O3. The molecule has 116 valence electrons. The predicted molar refractivity (Wildman–Crippen MR) is 80.8 cm³/mol. The molecule has 1 aliphatic carbocycles. The van der Waals surface area contributed by atoms with Gasteiger partial charge >= 0.3 is 6.03 Å². The van der Waals surface area contributed by atoms with Gasteiger partial charge in [-0.25, -0.2) is 4.79 Å². The number of urea groups is 1. The van der Waals surface area contributed by atoms with Crippen molar-refractivity contribution in [2.45, 2.75) is 32.4 Å². The van der Waals surface area contributed by atoms with Crippen LogP contribution in [0.25, 0.3) is 0 Å². The number of methoxy groups -OCH3 is 1. The van der Waals surface area contributed by atoms with Gasteiger partial charge in [-0.1, -0.05) is 24.3 Å². The molecule has 1 aromatic carbocycles. The van der Waals surface area contributed by atoms with Gasteiger partial charge in [0.15, 0.2) is 0 Å². The summed E-state index contributed by atoms with van der Waals surface area (Å²) in [4.78, 5) is 11.8. The first-order valence-electron chi connectivity index (χ1n) is 7.37. The molecule has 2 amide bonds. The molecule has 1 saturated carbocycles. The summed E-state index contributed by atoms with van der Waals surface area (Å²) in [6.45, 7) is 1.85. The minimum absolute atomic E-state index is 0.0143. The number of hydrogen-bond acceptors (Lipinski definition) is 3. The van der Waals surface area contributed by atoms with Crippen LogP contribution in [0.2, 0.25) is 0 Å². The van der Waals surface area contributed by atoms with Crippen molar-refractivity contribution < 1.29 is 14.6 Å². The Labute approximate surface area is 125 Å². The van der Waals surface area contributed by atoms with E-state index in [-0.39, 0.29) is 18.1 Å². The van der Waals surface area contributed by atoms with E-state index in [2.05, 4.69) is 10.6 Å². The number of carbonyl (C=O) groups excluding carboxylic acids is 1. The van der Waals surface area contributed by atoms with Crippen LogP contribution in [0.15, 0.2) is 24.3 Å². The van der Waals surface area contributed by atoms with Gasteiger partial charge in [-0.15, -0.1) is 0 Å². The lowest BCUT2D eigenvalue weighted by atomic mass is 10.0. The highest BCUT2D eigenvalue weighted by Gasteiger charge is 2.42. The lowest BCUT2D eigenvalue weighted by molar-refractivity contribution is 0.171. The maximum atomic E-state index is 11.8. The summed E-state index contributed by atoms with van der Waals surface area (Å²) < 4.78 is 5.10. The Bertz CT molecular complexity index is 472. The molecule has 1 aliphatic rings. The van der Waals surface area contributed by atoms with Crippen LogP contribution < -0.4 is 10.6 Å². The highest BCUT2D eigenvalue weighted by molar-refractivity contribution is 5.73. The normalized spacial score (nSPS) is 15.5. The Balaban J connectivity index is 1.73. The Hall–Kier alpha value is -1.59. The van der Waals surface area contributed by atoms with E-state index in [1.54, 1.807) is 7.11 Å². The molecule has 2 rings (SSSR count). The van der Waals surface area contributed by atoms with E-state index in [1.165, 1.54) is 0 Å². The zero-order valence-corrected chi connectivity index (χ0v) is 12.5. The van der Waals surface area contributed by atoms with Gasteiger partial charge in [-0.2, -0.15) is 0 Å². The van der Waals surface area contributed by atoms with Crippen LogP contribution in [0, 0.1) is 5.41 Å². The standard InChI is InChI=1S/C16H24N2O3/c1-21-9-8-16(6-7-16)12-18-15(20)17-10-13-4-2-3-5-14(13)11-19/h2-5,19H,6-12H2,1H3,(H2,17,18,20). The monoisotopic (exact) mass is 292 g/mol. The summed E-state index contributed by atoms with van der Waals surface area (Å²) in [5, 5.41) is 15.0. The number of hydrogen-bond donors (Lipinski definition) is 3. The molecule has 0 aromatic heterocycles. The molecule has 0 atom stereocenters. The highest BCUT2D eigenvalue weighted by Crippen LogP contribution is 2.48. The van der Waals surface area contributed by atoms with Gasteiger partial charge in [-0.05, 0) is 35.8 Å². The van der Waals surface area contributed by atoms with Crippen molar-refractivity contribution in [1.82, 2.24) is 10.6 Å². The van der Waals surface area contributed by atoms with Crippen LogP contribution in [0.1, 0.15) is 30.4 Å². The summed E-state index contributed by atoms with van der Waals surface area (Å²) in [5.74, 6) is 0. The van der Waals surface area contributed by atoms with E-state index in [1.807, 2.05) is 24.3 Å². The van der Waals surface area contributed by atoms with Gasteiger partial charge in [0.1, 0.15) is 0 Å². The molecule has 0 spiro atoms. The average molecular weight is 292 g/mol. The van der Waals surface area contributed by atoms with Gasteiger partial charge in [0.2, 0.25) is 0 Å². The number of benzene rings is 1. The lowest BCUT2D eigenvalue weighted by Gasteiger charge is -2.16. The molecule has 1 fully saturated rings. The molecule has 1 aromatic rings. The SMILES string of the molecule is COCCC1(CNC(=O)NCc2ccccc2CO)CC1. The number of nitrogens with one attached hydrogen (secondary N) is 2. The van der Waals surface area contributed by atoms with Crippen molar-refractivity contribution in [3.05, 3.63) is 35.4 Å². The van der Waals surface area contributed by atoms with E-state index in [4.69, 9.17) is 4.74 Å². The fourth-order valence-electron chi connectivity index (χ4n) is 2.40. The minimum Gasteiger partial charge on any atom is -0.392 e. The summed E-state index contributed by atoms with van der Waals surface area (Å²) >= 11 is 0. The molecule has 0 unspecified atom stereocenters. The Morgan fingerprint density at radius 1 is 1.29 bits per heavy atom. The molecule has 21 heavy (non-hydrogen) atoms. The maximum absolute atomic E-state index is 11.8. The van der Waals surface area contributed by atoms with Gasteiger partial charge < -0.3 is 20.5 Å². The molecule has 3 N–H and O–H groups in total. The molecule has 0 bridgehead atoms. The maximum Gasteiger partial charge on any atom is 0.315 e. The fraction of sp³-hybridized carbons (Fsp3) is 0.562. The van der Waals surface area contributed by atoms with Crippen molar-refractivity contribution in [2.24, 2.45) is 5.41 Å². The van der Waals surface area contributed by atoms with E-state index < -0.39 is 0 Å². The Morgan fingerprint density at radius 2 is 2.00 bits per heavy atom. The summed E-state index contributed by atoms with van der Waals surface area (Å²) in [6, 6.07) is 7.39. The van der Waals surface area contributed by atoms with Gasteiger partial charge in [0.05, 0.1) is 6.61 Å².